The fourth-order valence-electron chi connectivity index (χ4n) is 3.41. The molecule has 1 saturated carbocycles. The molecule has 0 amide bonds. The average molecular weight is 324 g/mol. The zero-order chi connectivity index (χ0) is 13.0. The molecule has 1 atom stereocenters. The first-order valence-electron chi connectivity index (χ1n) is 7.02. The summed E-state index contributed by atoms with van der Waals surface area (Å²) in [7, 11) is 0. The van der Waals surface area contributed by atoms with Gasteiger partial charge < -0.3 is 9.84 Å². The van der Waals surface area contributed by atoms with Crippen LogP contribution in [0.4, 0.5) is 0 Å². The van der Waals surface area contributed by atoms with Gasteiger partial charge in [0, 0.05) is 30.5 Å². The lowest BCUT2D eigenvalue weighted by molar-refractivity contribution is -0.119. The van der Waals surface area contributed by atoms with Crippen LogP contribution in [0.25, 0.3) is 0 Å². The van der Waals surface area contributed by atoms with Crippen LogP contribution in [0.15, 0.2) is 22.7 Å². The van der Waals surface area contributed by atoms with Crippen molar-refractivity contribution < 1.29 is 9.84 Å². The van der Waals surface area contributed by atoms with Crippen LogP contribution in [-0.2, 0) is 6.42 Å². The van der Waals surface area contributed by atoms with E-state index >= 15 is 0 Å². The molecule has 0 spiro atoms. The van der Waals surface area contributed by atoms with Crippen molar-refractivity contribution in [3.05, 3.63) is 28.2 Å². The molecule has 1 unspecified atom stereocenters. The monoisotopic (exact) mass is 323 g/mol. The molecule has 1 aromatic carbocycles. The molecule has 3 nitrogen and oxygen atoms in total. The summed E-state index contributed by atoms with van der Waals surface area (Å²) in [5.74, 6) is 1.59. The number of aliphatic hydroxyl groups is 1. The molecule has 0 bridgehead atoms. The van der Waals surface area contributed by atoms with Gasteiger partial charge >= 0.3 is 0 Å². The number of fused-ring (bicyclic) bond motifs is 1. The molecule has 1 aromatic rings. The smallest absolute Gasteiger partial charge is 0.123 e. The first-order chi connectivity index (χ1) is 9.12. The quantitative estimate of drug-likeness (QED) is 0.925. The molecule has 1 aliphatic carbocycles. The van der Waals surface area contributed by atoms with Crippen molar-refractivity contribution in [2.75, 3.05) is 19.6 Å². The molecule has 2 heterocycles. The number of β-amino-alcohol motifs (C(OH)–C–C–N with tert-alkyl or cyclic N) is 1. The van der Waals surface area contributed by atoms with E-state index in [1.807, 2.05) is 12.1 Å². The predicted octanol–water partition coefficient (Wildman–Crippen LogP) is 2.21. The van der Waals surface area contributed by atoms with Crippen LogP contribution < -0.4 is 4.74 Å². The van der Waals surface area contributed by atoms with Gasteiger partial charge in [-0.3, -0.25) is 4.90 Å². The van der Waals surface area contributed by atoms with Gasteiger partial charge in [0.25, 0.3) is 0 Å². The fraction of sp³-hybridized carbons (Fsp3) is 0.600. The minimum atomic E-state index is -0.380. The van der Waals surface area contributed by atoms with E-state index in [1.54, 1.807) is 0 Å². The molecular formula is C15H18BrNO2. The molecular weight excluding hydrogens is 306 g/mol. The lowest BCUT2D eigenvalue weighted by Crippen LogP contribution is -2.64. The lowest BCUT2D eigenvalue weighted by Gasteiger charge is -2.47. The number of likely N-dealkylation sites (tertiary alicyclic amines) is 1. The van der Waals surface area contributed by atoms with Crippen molar-refractivity contribution in [2.24, 2.45) is 5.92 Å². The predicted molar refractivity (Wildman–Crippen MR) is 76.4 cm³/mol. The summed E-state index contributed by atoms with van der Waals surface area (Å²) in [5, 5.41) is 10.3. The first-order valence-corrected chi connectivity index (χ1v) is 7.81. The SMILES string of the molecule is OC1(C2CC2)CN(CC2Cc3cc(Br)ccc3O2)C1. The largest absolute Gasteiger partial charge is 0.488 e. The van der Waals surface area contributed by atoms with E-state index in [2.05, 4.69) is 26.9 Å². The molecule has 1 N–H and O–H groups in total. The lowest BCUT2D eigenvalue weighted by atomic mass is 9.88. The molecule has 2 aliphatic heterocycles. The highest BCUT2D eigenvalue weighted by molar-refractivity contribution is 9.10. The number of benzene rings is 1. The third kappa shape index (κ3) is 2.20. The number of hydrogen-bond donors (Lipinski definition) is 1. The Labute approximate surface area is 121 Å². The Bertz CT molecular complexity index is 509. The zero-order valence-electron chi connectivity index (χ0n) is 10.8. The molecule has 0 aromatic heterocycles. The van der Waals surface area contributed by atoms with Gasteiger partial charge in [0.15, 0.2) is 0 Å². The van der Waals surface area contributed by atoms with Crippen molar-refractivity contribution >= 4 is 15.9 Å². The van der Waals surface area contributed by atoms with Crippen LogP contribution in [0.5, 0.6) is 5.75 Å². The summed E-state index contributed by atoms with van der Waals surface area (Å²) < 4.78 is 7.08. The molecule has 19 heavy (non-hydrogen) atoms. The van der Waals surface area contributed by atoms with E-state index in [9.17, 15) is 5.11 Å². The van der Waals surface area contributed by atoms with Gasteiger partial charge in [-0.1, -0.05) is 15.9 Å². The summed E-state index contributed by atoms with van der Waals surface area (Å²) in [4.78, 5) is 2.32. The van der Waals surface area contributed by atoms with Crippen LogP contribution in [0.3, 0.4) is 0 Å². The van der Waals surface area contributed by atoms with E-state index in [-0.39, 0.29) is 11.7 Å². The molecule has 3 aliphatic rings. The maximum atomic E-state index is 10.3. The van der Waals surface area contributed by atoms with Crippen molar-refractivity contribution in [3.63, 3.8) is 0 Å². The molecule has 0 radical (unpaired) electrons. The number of rotatable bonds is 3. The van der Waals surface area contributed by atoms with Crippen LogP contribution in [0, 0.1) is 5.92 Å². The Morgan fingerprint density at radius 2 is 2.16 bits per heavy atom. The van der Waals surface area contributed by atoms with E-state index in [1.165, 1.54) is 18.4 Å². The van der Waals surface area contributed by atoms with E-state index in [4.69, 9.17) is 4.74 Å². The van der Waals surface area contributed by atoms with E-state index in [0.29, 0.717) is 5.92 Å². The molecule has 2 fully saturated rings. The summed E-state index contributed by atoms with van der Waals surface area (Å²) in [6, 6.07) is 6.21. The number of halogens is 1. The highest BCUT2D eigenvalue weighted by atomic mass is 79.9. The van der Waals surface area contributed by atoms with Gasteiger partial charge in [-0.2, -0.15) is 0 Å². The van der Waals surface area contributed by atoms with Gasteiger partial charge in [-0.05, 0) is 42.5 Å². The minimum Gasteiger partial charge on any atom is -0.488 e. The second-order valence-electron chi connectivity index (χ2n) is 6.24. The Hall–Kier alpha value is -0.580. The van der Waals surface area contributed by atoms with E-state index < -0.39 is 0 Å². The van der Waals surface area contributed by atoms with Gasteiger partial charge in [-0.25, -0.2) is 0 Å². The summed E-state index contributed by atoms with van der Waals surface area (Å²) in [6.07, 6.45) is 3.65. The second kappa shape index (κ2) is 4.21. The normalized spacial score (nSPS) is 28.6. The highest BCUT2D eigenvalue weighted by Gasteiger charge is 2.52. The van der Waals surface area contributed by atoms with Gasteiger partial charge in [0.1, 0.15) is 11.9 Å². The fourth-order valence-corrected chi connectivity index (χ4v) is 3.82. The van der Waals surface area contributed by atoms with Gasteiger partial charge in [0.2, 0.25) is 0 Å². The Balaban J connectivity index is 1.34. The maximum absolute atomic E-state index is 10.3. The maximum Gasteiger partial charge on any atom is 0.123 e. The van der Waals surface area contributed by atoms with Crippen LogP contribution in [0.1, 0.15) is 18.4 Å². The highest BCUT2D eigenvalue weighted by Crippen LogP contribution is 2.44. The standard InChI is InChI=1S/C15H18BrNO2/c16-12-3-4-14-10(5-12)6-13(19-14)7-17-8-15(18,9-17)11-1-2-11/h3-5,11,13,18H,1-2,6-9H2. The summed E-state index contributed by atoms with van der Waals surface area (Å²) in [6.45, 7) is 2.59. The molecule has 1 saturated heterocycles. The average Bonchev–Trinajstić information content (AvgIpc) is 3.09. The third-order valence-electron chi connectivity index (χ3n) is 4.56. The van der Waals surface area contributed by atoms with Crippen molar-refractivity contribution in [3.8, 4) is 5.75 Å². The summed E-state index contributed by atoms with van der Waals surface area (Å²) in [5.41, 5.74) is 0.909. The van der Waals surface area contributed by atoms with Crippen LogP contribution in [0.2, 0.25) is 0 Å². The third-order valence-corrected chi connectivity index (χ3v) is 5.05. The zero-order valence-corrected chi connectivity index (χ0v) is 12.4. The number of nitrogens with zero attached hydrogens (tertiary/aromatic N) is 1. The van der Waals surface area contributed by atoms with Crippen molar-refractivity contribution in [2.45, 2.75) is 31.0 Å². The molecule has 102 valence electrons. The van der Waals surface area contributed by atoms with Gasteiger partial charge in [0.05, 0.1) is 5.60 Å². The van der Waals surface area contributed by atoms with Crippen LogP contribution in [-0.4, -0.2) is 41.3 Å². The Morgan fingerprint density at radius 1 is 1.37 bits per heavy atom. The summed E-state index contributed by atoms with van der Waals surface area (Å²) >= 11 is 3.50. The molecule has 4 rings (SSSR count). The van der Waals surface area contributed by atoms with Crippen molar-refractivity contribution in [1.82, 2.24) is 4.90 Å². The first kappa shape index (κ1) is 12.2. The van der Waals surface area contributed by atoms with Crippen molar-refractivity contribution in [1.29, 1.82) is 0 Å². The molecule has 4 heteroatoms. The Morgan fingerprint density at radius 3 is 2.89 bits per heavy atom. The van der Waals surface area contributed by atoms with E-state index in [0.717, 1.165) is 36.3 Å². The van der Waals surface area contributed by atoms with Gasteiger partial charge in [-0.15, -0.1) is 0 Å². The second-order valence-corrected chi connectivity index (χ2v) is 7.16. The number of ether oxygens (including phenoxy) is 1. The Kier molecular flexibility index (Phi) is 2.70. The van der Waals surface area contributed by atoms with Crippen LogP contribution >= 0.6 is 15.9 Å². The topological polar surface area (TPSA) is 32.7 Å². The minimum absolute atomic E-state index is 0.244. The number of hydrogen-bond acceptors (Lipinski definition) is 3.